The van der Waals surface area contributed by atoms with Crippen LogP contribution in [0.4, 0.5) is 4.79 Å². The fourth-order valence-electron chi connectivity index (χ4n) is 2.72. The molecule has 2 amide bonds. The van der Waals surface area contributed by atoms with Gasteiger partial charge in [0.25, 0.3) is 0 Å². The summed E-state index contributed by atoms with van der Waals surface area (Å²) in [6.07, 6.45) is 1.29. The Morgan fingerprint density at radius 2 is 1.92 bits per heavy atom. The molecular weight excluding hydrogens is 304 g/mol. The SMILES string of the molecule is Cc1ccc(CNC(=O)[C@H]2CCCN(C(=O)OC(C)(C)C)C2)cc1. The lowest BCUT2D eigenvalue weighted by Crippen LogP contribution is -2.46. The predicted octanol–water partition coefficient (Wildman–Crippen LogP) is 3.26. The lowest BCUT2D eigenvalue weighted by Gasteiger charge is -2.33. The second kappa shape index (κ2) is 7.69. The lowest BCUT2D eigenvalue weighted by molar-refractivity contribution is -0.126. The molecule has 1 aliphatic heterocycles. The second-order valence-corrected chi connectivity index (χ2v) is 7.47. The Bertz CT molecular complexity index is 575. The van der Waals surface area contributed by atoms with E-state index in [1.54, 1.807) is 4.90 Å². The minimum atomic E-state index is -0.516. The van der Waals surface area contributed by atoms with Gasteiger partial charge in [-0.3, -0.25) is 4.79 Å². The van der Waals surface area contributed by atoms with E-state index in [4.69, 9.17) is 4.74 Å². The van der Waals surface area contributed by atoms with Crippen molar-refractivity contribution in [2.45, 2.75) is 52.7 Å². The molecule has 0 aromatic heterocycles. The number of nitrogens with zero attached hydrogens (tertiary/aromatic N) is 1. The van der Waals surface area contributed by atoms with E-state index in [0.29, 0.717) is 19.6 Å². The van der Waals surface area contributed by atoms with E-state index in [2.05, 4.69) is 5.32 Å². The number of hydrogen-bond donors (Lipinski definition) is 1. The molecule has 132 valence electrons. The summed E-state index contributed by atoms with van der Waals surface area (Å²) < 4.78 is 5.40. The van der Waals surface area contributed by atoms with Crippen molar-refractivity contribution >= 4 is 12.0 Å². The van der Waals surface area contributed by atoms with Crippen molar-refractivity contribution in [1.29, 1.82) is 0 Å². The summed E-state index contributed by atoms with van der Waals surface area (Å²) in [4.78, 5) is 26.2. The van der Waals surface area contributed by atoms with Crippen molar-refractivity contribution in [2.75, 3.05) is 13.1 Å². The maximum Gasteiger partial charge on any atom is 0.410 e. The molecule has 0 spiro atoms. The Labute approximate surface area is 144 Å². The van der Waals surface area contributed by atoms with Crippen LogP contribution in [0.3, 0.4) is 0 Å². The Morgan fingerprint density at radius 1 is 1.25 bits per heavy atom. The molecule has 0 saturated carbocycles. The van der Waals surface area contributed by atoms with Gasteiger partial charge >= 0.3 is 6.09 Å². The minimum Gasteiger partial charge on any atom is -0.444 e. The Hall–Kier alpha value is -2.04. The molecule has 1 aliphatic rings. The first-order valence-electron chi connectivity index (χ1n) is 8.56. The van der Waals surface area contributed by atoms with Gasteiger partial charge in [-0.25, -0.2) is 4.79 Å². The molecule has 1 N–H and O–H groups in total. The number of carbonyl (C=O) groups excluding carboxylic acids is 2. The van der Waals surface area contributed by atoms with Gasteiger partial charge in [0.1, 0.15) is 5.60 Å². The molecule has 0 unspecified atom stereocenters. The Balaban J connectivity index is 1.85. The molecule has 1 aromatic rings. The van der Waals surface area contributed by atoms with Gasteiger partial charge in [-0.15, -0.1) is 0 Å². The predicted molar refractivity (Wildman–Crippen MR) is 93.6 cm³/mol. The van der Waals surface area contributed by atoms with Crippen LogP contribution in [0.15, 0.2) is 24.3 Å². The number of likely N-dealkylation sites (tertiary alicyclic amines) is 1. The van der Waals surface area contributed by atoms with E-state index in [1.165, 1.54) is 5.56 Å². The van der Waals surface area contributed by atoms with Crippen LogP contribution in [0, 0.1) is 12.8 Å². The van der Waals surface area contributed by atoms with Crippen molar-refractivity contribution in [3.05, 3.63) is 35.4 Å². The number of piperidine rings is 1. The zero-order valence-electron chi connectivity index (χ0n) is 15.1. The number of ether oxygens (including phenoxy) is 1. The maximum absolute atomic E-state index is 12.4. The van der Waals surface area contributed by atoms with E-state index in [9.17, 15) is 9.59 Å². The monoisotopic (exact) mass is 332 g/mol. The highest BCUT2D eigenvalue weighted by atomic mass is 16.6. The number of nitrogens with one attached hydrogen (secondary N) is 1. The Morgan fingerprint density at radius 3 is 2.54 bits per heavy atom. The summed E-state index contributed by atoms with van der Waals surface area (Å²) in [6, 6.07) is 8.10. The average Bonchev–Trinajstić information content (AvgIpc) is 2.52. The topological polar surface area (TPSA) is 58.6 Å². The molecule has 1 atom stereocenters. The standard InChI is InChI=1S/C19H28N2O3/c1-14-7-9-15(10-8-14)12-20-17(22)16-6-5-11-21(13-16)18(23)24-19(2,3)4/h7-10,16H,5-6,11-13H2,1-4H3,(H,20,22)/t16-/m0/s1. The molecule has 5 heteroatoms. The van der Waals surface area contributed by atoms with Gasteiger partial charge in [0.2, 0.25) is 5.91 Å². The quantitative estimate of drug-likeness (QED) is 0.924. The highest BCUT2D eigenvalue weighted by Crippen LogP contribution is 2.19. The first-order chi connectivity index (χ1) is 11.2. The van der Waals surface area contributed by atoms with E-state index >= 15 is 0 Å². The van der Waals surface area contributed by atoms with E-state index in [0.717, 1.165) is 18.4 Å². The van der Waals surface area contributed by atoms with E-state index < -0.39 is 5.60 Å². The first kappa shape index (κ1) is 18.3. The van der Waals surface area contributed by atoms with Gasteiger partial charge < -0.3 is 15.0 Å². The summed E-state index contributed by atoms with van der Waals surface area (Å²) >= 11 is 0. The van der Waals surface area contributed by atoms with Crippen LogP contribution in [-0.4, -0.2) is 35.6 Å². The number of amides is 2. The Kier molecular flexibility index (Phi) is 5.86. The number of hydrogen-bond acceptors (Lipinski definition) is 3. The highest BCUT2D eigenvalue weighted by molar-refractivity contribution is 5.80. The van der Waals surface area contributed by atoms with Crippen LogP contribution in [0.25, 0.3) is 0 Å². The summed E-state index contributed by atoms with van der Waals surface area (Å²) in [5, 5.41) is 2.98. The fraction of sp³-hybridized carbons (Fsp3) is 0.579. The van der Waals surface area contributed by atoms with E-state index in [-0.39, 0.29) is 17.9 Å². The molecule has 1 aromatic carbocycles. The fourth-order valence-corrected chi connectivity index (χ4v) is 2.72. The normalized spacial score (nSPS) is 18.2. The second-order valence-electron chi connectivity index (χ2n) is 7.47. The third kappa shape index (κ3) is 5.55. The molecule has 2 rings (SSSR count). The minimum absolute atomic E-state index is 0.00355. The first-order valence-corrected chi connectivity index (χ1v) is 8.56. The molecule has 0 radical (unpaired) electrons. The molecule has 1 saturated heterocycles. The van der Waals surface area contributed by atoms with Gasteiger partial charge in [-0.2, -0.15) is 0 Å². The van der Waals surface area contributed by atoms with Gasteiger partial charge in [0.15, 0.2) is 0 Å². The highest BCUT2D eigenvalue weighted by Gasteiger charge is 2.30. The zero-order chi connectivity index (χ0) is 17.7. The number of benzene rings is 1. The van der Waals surface area contributed by atoms with E-state index in [1.807, 2.05) is 52.0 Å². The van der Waals surface area contributed by atoms with Gasteiger partial charge in [-0.1, -0.05) is 29.8 Å². The smallest absolute Gasteiger partial charge is 0.410 e. The van der Waals surface area contributed by atoms with Crippen LogP contribution in [0.5, 0.6) is 0 Å². The number of rotatable bonds is 3. The number of carbonyl (C=O) groups is 2. The van der Waals surface area contributed by atoms with Crippen LogP contribution >= 0.6 is 0 Å². The maximum atomic E-state index is 12.4. The molecule has 0 aliphatic carbocycles. The van der Waals surface area contributed by atoms with Crippen LogP contribution in [-0.2, 0) is 16.1 Å². The van der Waals surface area contributed by atoms with Crippen LogP contribution in [0.1, 0.15) is 44.7 Å². The summed E-state index contributed by atoms with van der Waals surface area (Å²) in [6.45, 7) is 9.17. The van der Waals surface area contributed by atoms with Crippen LogP contribution in [0.2, 0.25) is 0 Å². The summed E-state index contributed by atoms with van der Waals surface area (Å²) in [5.74, 6) is -0.166. The van der Waals surface area contributed by atoms with Crippen molar-refractivity contribution in [3.63, 3.8) is 0 Å². The lowest BCUT2D eigenvalue weighted by atomic mass is 9.97. The zero-order valence-corrected chi connectivity index (χ0v) is 15.1. The molecule has 24 heavy (non-hydrogen) atoms. The molecule has 1 fully saturated rings. The van der Waals surface area contributed by atoms with Crippen molar-refractivity contribution < 1.29 is 14.3 Å². The summed E-state index contributed by atoms with van der Waals surface area (Å²) in [5.41, 5.74) is 1.76. The summed E-state index contributed by atoms with van der Waals surface area (Å²) in [7, 11) is 0. The number of aryl methyl sites for hydroxylation is 1. The third-order valence-electron chi connectivity index (χ3n) is 4.03. The van der Waals surface area contributed by atoms with Gasteiger partial charge in [-0.05, 0) is 46.1 Å². The molecular formula is C19H28N2O3. The molecule has 1 heterocycles. The van der Waals surface area contributed by atoms with Crippen molar-refractivity contribution in [1.82, 2.24) is 10.2 Å². The van der Waals surface area contributed by atoms with Gasteiger partial charge in [0.05, 0.1) is 5.92 Å². The molecule has 0 bridgehead atoms. The van der Waals surface area contributed by atoms with Crippen molar-refractivity contribution in [3.8, 4) is 0 Å². The van der Waals surface area contributed by atoms with Crippen LogP contribution < -0.4 is 5.32 Å². The van der Waals surface area contributed by atoms with Gasteiger partial charge in [0, 0.05) is 19.6 Å². The largest absolute Gasteiger partial charge is 0.444 e. The third-order valence-corrected chi connectivity index (χ3v) is 4.03. The van der Waals surface area contributed by atoms with Crippen molar-refractivity contribution in [2.24, 2.45) is 5.92 Å². The average molecular weight is 332 g/mol. The molecule has 5 nitrogen and oxygen atoms in total.